The molecule has 0 atom stereocenters. The minimum Gasteiger partial charge on any atom is -0.464 e. The third-order valence-corrected chi connectivity index (χ3v) is 3.16. The molecule has 0 amide bonds. The van der Waals surface area contributed by atoms with Crippen molar-refractivity contribution in [2.24, 2.45) is 0 Å². The molecule has 0 spiro atoms. The second-order valence-electron chi connectivity index (χ2n) is 4.57. The molecule has 2 aromatic rings. The molecule has 0 unspecified atom stereocenters. The largest absolute Gasteiger partial charge is 0.464 e. The number of esters is 1. The summed E-state index contributed by atoms with van der Waals surface area (Å²) >= 11 is 0. The van der Waals surface area contributed by atoms with Crippen LogP contribution in [0, 0.1) is 25.2 Å². The normalized spacial score (nSPS) is 10.1. The van der Waals surface area contributed by atoms with Crippen LogP contribution in [0.15, 0.2) is 24.4 Å². The smallest absolute Gasteiger partial charge is 0.357 e. The van der Waals surface area contributed by atoms with Gasteiger partial charge in [0.05, 0.1) is 18.4 Å². The van der Waals surface area contributed by atoms with Gasteiger partial charge in [-0.05, 0) is 25.5 Å². The summed E-state index contributed by atoms with van der Waals surface area (Å²) in [6, 6.07) is 7.80. The molecule has 2 rings (SSSR count). The number of hydrogen-bond acceptors (Lipinski definition) is 4. The van der Waals surface area contributed by atoms with Crippen molar-refractivity contribution in [3.63, 3.8) is 0 Å². The van der Waals surface area contributed by atoms with Crippen molar-refractivity contribution in [1.82, 2.24) is 4.57 Å². The van der Waals surface area contributed by atoms with Crippen molar-refractivity contribution in [2.75, 3.05) is 12.8 Å². The highest BCUT2D eigenvalue weighted by Crippen LogP contribution is 2.26. The number of nitrogens with two attached hydrogens (primary N) is 1. The van der Waals surface area contributed by atoms with Gasteiger partial charge >= 0.3 is 5.97 Å². The predicted octanol–water partition coefficient (Wildman–Crippen LogP) is 2.33. The number of anilines is 1. The van der Waals surface area contributed by atoms with E-state index < -0.39 is 5.97 Å². The van der Waals surface area contributed by atoms with Crippen molar-refractivity contribution < 1.29 is 9.53 Å². The zero-order valence-corrected chi connectivity index (χ0v) is 11.6. The van der Waals surface area contributed by atoms with Gasteiger partial charge in [-0.15, -0.1) is 0 Å². The number of methoxy groups -OCH3 is 1. The van der Waals surface area contributed by atoms with Crippen molar-refractivity contribution in [1.29, 1.82) is 5.26 Å². The molecule has 0 aliphatic heterocycles. The lowest BCUT2D eigenvalue weighted by Gasteiger charge is -2.11. The average Bonchev–Trinajstić information content (AvgIpc) is 2.74. The molecule has 1 heterocycles. The Hall–Kier alpha value is -2.74. The van der Waals surface area contributed by atoms with Crippen LogP contribution in [0.1, 0.15) is 27.2 Å². The first kappa shape index (κ1) is 13.7. The first-order valence-corrected chi connectivity index (χ1v) is 6.06. The van der Waals surface area contributed by atoms with Crippen LogP contribution >= 0.6 is 0 Å². The number of aromatic nitrogens is 1. The Morgan fingerprint density at radius 2 is 2.10 bits per heavy atom. The number of benzene rings is 1. The van der Waals surface area contributed by atoms with Gasteiger partial charge in [0.2, 0.25) is 0 Å². The maximum atomic E-state index is 11.9. The second-order valence-corrected chi connectivity index (χ2v) is 4.57. The number of nitrogens with zero attached hydrogens (tertiary/aromatic N) is 2. The van der Waals surface area contributed by atoms with Crippen LogP contribution in [0.5, 0.6) is 0 Å². The van der Waals surface area contributed by atoms with E-state index in [0.717, 1.165) is 16.8 Å². The summed E-state index contributed by atoms with van der Waals surface area (Å²) in [6.45, 7) is 3.92. The summed E-state index contributed by atoms with van der Waals surface area (Å²) in [5.74, 6) is -0.566. The zero-order chi connectivity index (χ0) is 14.9. The van der Waals surface area contributed by atoms with Crippen LogP contribution in [-0.2, 0) is 4.74 Å². The topological polar surface area (TPSA) is 81.0 Å². The van der Waals surface area contributed by atoms with E-state index in [4.69, 9.17) is 15.7 Å². The van der Waals surface area contributed by atoms with Crippen molar-refractivity contribution in [3.05, 3.63) is 46.8 Å². The molecule has 102 valence electrons. The summed E-state index contributed by atoms with van der Waals surface area (Å²) in [5, 5.41) is 9.08. The van der Waals surface area contributed by atoms with E-state index >= 15 is 0 Å². The number of nitriles is 1. The molecular weight excluding hydrogens is 254 g/mol. The summed E-state index contributed by atoms with van der Waals surface area (Å²) in [7, 11) is 1.28. The lowest BCUT2D eigenvalue weighted by atomic mass is 10.1. The molecule has 5 nitrogen and oxygen atoms in total. The number of carbonyl (C=O) groups is 1. The van der Waals surface area contributed by atoms with E-state index in [1.54, 1.807) is 10.8 Å². The van der Waals surface area contributed by atoms with E-state index in [1.807, 2.05) is 38.1 Å². The van der Waals surface area contributed by atoms with Gasteiger partial charge < -0.3 is 15.0 Å². The van der Waals surface area contributed by atoms with Crippen LogP contribution in [0.3, 0.4) is 0 Å². The second kappa shape index (κ2) is 5.10. The maximum absolute atomic E-state index is 11.9. The first-order chi connectivity index (χ1) is 9.49. The summed E-state index contributed by atoms with van der Waals surface area (Å²) < 4.78 is 6.36. The predicted molar refractivity (Wildman–Crippen MR) is 75.7 cm³/mol. The Kier molecular flexibility index (Phi) is 3.49. The summed E-state index contributed by atoms with van der Waals surface area (Å²) in [5.41, 5.74) is 9.33. The Morgan fingerprint density at radius 3 is 2.65 bits per heavy atom. The molecule has 1 aromatic carbocycles. The van der Waals surface area contributed by atoms with Crippen molar-refractivity contribution in [3.8, 4) is 11.8 Å². The fraction of sp³-hybridized carbons (Fsp3) is 0.200. The molecule has 1 aromatic heterocycles. The molecule has 0 aliphatic rings. The Labute approximate surface area is 117 Å². The number of aryl methyl sites for hydroxylation is 2. The van der Waals surface area contributed by atoms with Gasteiger partial charge in [-0.25, -0.2) is 4.79 Å². The van der Waals surface area contributed by atoms with E-state index in [2.05, 4.69) is 0 Å². The minimum absolute atomic E-state index is 0.138. The maximum Gasteiger partial charge on any atom is 0.357 e. The Bertz CT molecular complexity index is 723. The lowest BCUT2D eigenvalue weighted by Crippen LogP contribution is -2.11. The molecular formula is C15H15N3O2. The third kappa shape index (κ3) is 2.12. The Balaban J connectivity index is 2.74. The highest BCUT2D eigenvalue weighted by Gasteiger charge is 2.22. The number of hydrogen-bond donors (Lipinski definition) is 1. The molecule has 0 saturated heterocycles. The van der Waals surface area contributed by atoms with Crippen LogP contribution in [0.2, 0.25) is 0 Å². The summed E-state index contributed by atoms with van der Waals surface area (Å²) in [6.07, 6.45) is 1.55. The lowest BCUT2D eigenvalue weighted by molar-refractivity contribution is 0.0593. The quantitative estimate of drug-likeness (QED) is 0.848. The number of ether oxygens (including phenoxy) is 1. The zero-order valence-electron chi connectivity index (χ0n) is 11.6. The van der Waals surface area contributed by atoms with Gasteiger partial charge in [0, 0.05) is 11.9 Å². The molecule has 0 bridgehead atoms. The first-order valence-electron chi connectivity index (χ1n) is 6.06. The SMILES string of the molecule is COC(=O)c1c(N)c(C#N)cn1-c1ccc(C)cc1C. The highest BCUT2D eigenvalue weighted by molar-refractivity contribution is 5.96. The number of nitrogen functional groups attached to an aromatic ring is 1. The van der Waals surface area contributed by atoms with Gasteiger partial charge in [-0.3, -0.25) is 0 Å². The van der Waals surface area contributed by atoms with E-state index in [1.165, 1.54) is 7.11 Å². The fourth-order valence-electron chi connectivity index (χ4n) is 2.18. The molecule has 20 heavy (non-hydrogen) atoms. The standard InChI is InChI=1S/C15H15N3O2/c1-9-4-5-12(10(2)6-9)18-8-11(7-16)13(17)14(18)15(19)20-3/h4-6,8H,17H2,1-3H3. The van der Waals surface area contributed by atoms with Gasteiger partial charge in [0.15, 0.2) is 5.69 Å². The summed E-state index contributed by atoms with van der Waals surface area (Å²) in [4.78, 5) is 11.9. The molecule has 5 heteroatoms. The third-order valence-electron chi connectivity index (χ3n) is 3.16. The van der Waals surface area contributed by atoms with Gasteiger partial charge in [-0.2, -0.15) is 5.26 Å². The molecule has 0 aliphatic carbocycles. The van der Waals surface area contributed by atoms with E-state index in [-0.39, 0.29) is 16.9 Å². The monoisotopic (exact) mass is 269 g/mol. The van der Waals surface area contributed by atoms with Crippen molar-refractivity contribution >= 4 is 11.7 Å². The fourth-order valence-corrected chi connectivity index (χ4v) is 2.18. The van der Waals surface area contributed by atoms with Crippen LogP contribution < -0.4 is 5.73 Å². The van der Waals surface area contributed by atoms with Crippen LogP contribution in [0.25, 0.3) is 5.69 Å². The average molecular weight is 269 g/mol. The highest BCUT2D eigenvalue weighted by atomic mass is 16.5. The molecule has 0 fully saturated rings. The van der Waals surface area contributed by atoms with E-state index in [0.29, 0.717) is 0 Å². The van der Waals surface area contributed by atoms with Crippen LogP contribution in [0.4, 0.5) is 5.69 Å². The molecule has 0 radical (unpaired) electrons. The number of rotatable bonds is 2. The van der Waals surface area contributed by atoms with Crippen molar-refractivity contribution in [2.45, 2.75) is 13.8 Å². The molecule has 2 N–H and O–H groups in total. The number of carbonyl (C=O) groups excluding carboxylic acids is 1. The van der Waals surface area contributed by atoms with Gasteiger partial charge in [0.1, 0.15) is 6.07 Å². The van der Waals surface area contributed by atoms with Crippen LogP contribution in [-0.4, -0.2) is 17.6 Å². The Morgan fingerprint density at radius 1 is 1.40 bits per heavy atom. The van der Waals surface area contributed by atoms with Gasteiger partial charge in [0.25, 0.3) is 0 Å². The van der Waals surface area contributed by atoms with E-state index in [9.17, 15) is 4.79 Å². The minimum atomic E-state index is -0.566. The molecule has 0 saturated carbocycles. The van der Waals surface area contributed by atoms with Gasteiger partial charge in [-0.1, -0.05) is 17.7 Å².